The van der Waals surface area contributed by atoms with Crippen LogP contribution in [0, 0.1) is 6.92 Å². The summed E-state index contributed by atoms with van der Waals surface area (Å²) in [5, 5.41) is 5.47. The molecule has 1 aromatic carbocycles. The fraction of sp³-hybridized carbons (Fsp3) is 0.438. The highest BCUT2D eigenvalue weighted by atomic mass is 35.5. The number of hydrogen-bond acceptors (Lipinski definition) is 3. The fourth-order valence-electron chi connectivity index (χ4n) is 2.00. The lowest BCUT2D eigenvalue weighted by Gasteiger charge is -2.09. The minimum atomic E-state index is 0.576. The number of halogens is 1. The van der Waals surface area contributed by atoms with Gasteiger partial charge in [0, 0.05) is 34.5 Å². The molecular formula is C16H21ClN2S. The lowest BCUT2D eigenvalue weighted by atomic mass is 10.1. The summed E-state index contributed by atoms with van der Waals surface area (Å²) in [6.07, 6.45) is 2.15. The Labute approximate surface area is 130 Å². The summed E-state index contributed by atoms with van der Waals surface area (Å²) in [7, 11) is 0. The van der Waals surface area contributed by atoms with Gasteiger partial charge in [0.05, 0.1) is 10.7 Å². The topological polar surface area (TPSA) is 24.9 Å². The van der Waals surface area contributed by atoms with E-state index in [0.717, 1.165) is 35.7 Å². The zero-order chi connectivity index (χ0) is 14.5. The van der Waals surface area contributed by atoms with Gasteiger partial charge in [-0.2, -0.15) is 0 Å². The zero-order valence-corrected chi connectivity index (χ0v) is 13.8. The van der Waals surface area contributed by atoms with E-state index in [1.807, 2.05) is 24.3 Å². The molecule has 0 bridgehead atoms. The third-order valence-corrected chi connectivity index (χ3v) is 4.69. The van der Waals surface area contributed by atoms with Gasteiger partial charge < -0.3 is 5.32 Å². The Morgan fingerprint density at radius 2 is 2.00 bits per heavy atom. The van der Waals surface area contributed by atoms with Crippen LogP contribution in [0.3, 0.4) is 0 Å². The van der Waals surface area contributed by atoms with E-state index < -0.39 is 0 Å². The fourth-order valence-corrected chi connectivity index (χ4v) is 3.08. The van der Waals surface area contributed by atoms with E-state index in [4.69, 9.17) is 16.6 Å². The molecule has 0 saturated heterocycles. The average Bonchev–Trinajstić information content (AvgIpc) is 2.80. The second-order valence-corrected chi connectivity index (χ2v) is 6.76. The van der Waals surface area contributed by atoms with Crippen molar-refractivity contribution in [3.8, 4) is 11.3 Å². The van der Waals surface area contributed by atoms with Crippen LogP contribution >= 0.6 is 22.9 Å². The Balaban J connectivity index is 2.04. The van der Waals surface area contributed by atoms with Crippen molar-refractivity contribution in [2.75, 3.05) is 6.54 Å². The standard InChI is InChI=1S/C16H21ClN2S/c1-4-11(2)18-10-9-15-19-16(12(3)20-15)13-5-7-14(17)8-6-13/h5-8,11,18H,4,9-10H2,1-3H3. The monoisotopic (exact) mass is 308 g/mol. The maximum atomic E-state index is 5.93. The van der Waals surface area contributed by atoms with Crippen LogP contribution in [-0.2, 0) is 6.42 Å². The Kier molecular flexibility index (Phi) is 5.58. The molecule has 0 amide bonds. The third kappa shape index (κ3) is 4.05. The molecular weight excluding hydrogens is 288 g/mol. The van der Waals surface area contributed by atoms with Crippen LogP contribution in [0.5, 0.6) is 0 Å². The highest BCUT2D eigenvalue weighted by molar-refractivity contribution is 7.12. The number of rotatable bonds is 6. The van der Waals surface area contributed by atoms with E-state index in [-0.39, 0.29) is 0 Å². The number of nitrogens with one attached hydrogen (secondary N) is 1. The van der Waals surface area contributed by atoms with Crippen LogP contribution in [0.1, 0.15) is 30.2 Å². The van der Waals surface area contributed by atoms with E-state index >= 15 is 0 Å². The van der Waals surface area contributed by atoms with Gasteiger partial charge in [-0.05, 0) is 32.4 Å². The molecule has 0 radical (unpaired) electrons. The van der Waals surface area contributed by atoms with Crippen LogP contribution < -0.4 is 5.32 Å². The van der Waals surface area contributed by atoms with Crippen molar-refractivity contribution >= 4 is 22.9 Å². The molecule has 1 N–H and O–H groups in total. The number of aryl methyl sites for hydroxylation is 1. The van der Waals surface area contributed by atoms with Crippen molar-refractivity contribution in [3.05, 3.63) is 39.2 Å². The number of nitrogens with zero attached hydrogens (tertiary/aromatic N) is 1. The first-order valence-electron chi connectivity index (χ1n) is 7.05. The highest BCUT2D eigenvalue weighted by Crippen LogP contribution is 2.28. The SMILES string of the molecule is CCC(C)NCCc1nc(-c2ccc(Cl)cc2)c(C)s1. The predicted octanol–water partition coefficient (Wildman–Crippen LogP) is 4.70. The second kappa shape index (κ2) is 7.21. The molecule has 0 spiro atoms. The van der Waals surface area contributed by atoms with Crippen molar-refractivity contribution < 1.29 is 0 Å². The Bertz CT molecular complexity index is 548. The number of aromatic nitrogens is 1. The quantitative estimate of drug-likeness (QED) is 0.836. The summed E-state index contributed by atoms with van der Waals surface area (Å²) >= 11 is 7.72. The van der Waals surface area contributed by atoms with E-state index in [9.17, 15) is 0 Å². The molecule has 0 aliphatic heterocycles. The number of thiazole rings is 1. The van der Waals surface area contributed by atoms with Gasteiger partial charge in [-0.15, -0.1) is 11.3 Å². The first-order chi connectivity index (χ1) is 9.60. The Morgan fingerprint density at radius 3 is 2.65 bits per heavy atom. The molecule has 1 atom stereocenters. The molecule has 2 nitrogen and oxygen atoms in total. The number of hydrogen-bond donors (Lipinski definition) is 1. The molecule has 4 heteroatoms. The van der Waals surface area contributed by atoms with E-state index in [0.29, 0.717) is 6.04 Å². The summed E-state index contributed by atoms with van der Waals surface area (Å²) < 4.78 is 0. The lowest BCUT2D eigenvalue weighted by Crippen LogP contribution is -2.27. The minimum Gasteiger partial charge on any atom is -0.314 e. The summed E-state index contributed by atoms with van der Waals surface area (Å²) in [6, 6.07) is 8.48. The molecule has 1 unspecified atom stereocenters. The van der Waals surface area contributed by atoms with Crippen LogP contribution in [-0.4, -0.2) is 17.6 Å². The van der Waals surface area contributed by atoms with Crippen molar-refractivity contribution in [2.45, 2.75) is 39.7 Å². The third-order valence-electron chi connectivity index (χ3n) is 3.40. The minimum absolute atomic E-state index is 0.576. The van der Waals surface area contributed by atoms with Gasteiger partial charge in [0.15, 0.2) is 0 Å². The average molecular weight is 309 g/mol. The Hall–Kier alpha value is -0.900. The molecule has 108 valence electrons. The molecule has 1 aromatic heterocycles. The van der Waals surface area contributed by atoms with Gasteiger partial charge in [0.2, 0.25) is 0 Å². The Morgan fingerprint density at radius 1 is 1.30 bits per heavy atom. The van der Waals surface area contributed by atoms with Gasteiger partial charge in [0.1, 0.15) is 0 Å². The summed E-state index contributed by atoms with van der Waals surface area (Å²) in [4.78, 5) is 6.04. The molecule has 0 aliphatic rings. The van der Waals surface area contributed by atoms with Gasteiger partial charge in [-0.1, -0.05) is 30.7 Å². The maximum absolute atomic E-state index is 5.93. The van der Waals surface area contributed by atoms with Gasteiger partial charge in [0.25, 0.3) is 0 Å². The number of benzene rings is 1. The molecule has 2 aromatic rings. The van der Waals surface area contributed by atoms with Crippen LogP contribution in [0.2, 0.25) is 5.02 Å². The van der Waals surface area contributed by atoms with Crippen LogP contribution in [0.4, 0.5) is 0 Å². The van der Waals surface area contributed by atoms with Crippen LogP contribution in [0.25, 0.3) is 11.3 Å². The van der Waals surface area contributed by atoms with Crippen molar-refractivity contribution in [1.82, 2.24) is 10.3 Å². The van der Waals surface area contributed by atoms with E-state index in [1.54, 1.807) is 11.3 Å². The maximum Gasteiger partial charge on any atom is 0.0948 e. The smallest absolute Gasteiger partial charge is 0.0948 e. The van der Waals surface area contributed by atoms with Crippen molar-refractivity contribution in [2.24, 2.45) is 0 Å². The molecule has 0 saturated carbocycles. The van der Waals surface area contributed by atoms with Crippen molar-refractivity contribution in [3.63, 3.8) is 0 Å². The molecule has 2 rings (SSSR count). The van der Waals surface area contributed by atoms with E-state index in [1.165, 1.54) is 9.88 Å². The first kappa shape index (κ1) is 15.5. The van der Waals surface area contributed by atoms with Gasteiger partial charge in [-0.3, -0.25) is 0 Å². The largest absolute Gasteiger partial charge is 0.314 e. The zero-order valence-electron chi connectivity index (χ0n) is 12.2. The normalized spacial score (nSPS) is 12.6. The summed E-state index contributed by atoms with van der Waals surface area (Å²) in [5.41, 5.74) is 2.23. The first-order valence-corrected chi connectivity index (χ1v) is 8.25. The molecule has 0 fully saturated rings. The molecule has 20 heavy (non-hydrogen) atoms. The predicted molar refractivity (Wildman–Crippen MR) is 88.8 cm³/mol. The van der Waals surface area contributed by atoms with Gasteiger partial charge >= 0.3 is 0 Å². The van der Waals surface area contributed by atoms with Crippen molar-refractivity contribution in [1.29, 1.82) is 0 Å². The summed E-state index contributed by atoms with van der Waals surface area (Å²) in [6.45, 7) is 7.53. The van der Waals surface area contributed by atoms with E-state index in [2.05, 4.69) is 26.1 Å². The molecule has 1 heterocycles. The second-order valence-electron chi connectivity index (χ2n) is 5.03. The van der Waals surface area contributed by atoms with Crippen LogP contribution in [0.15, 0.2) is 24.3 Å². The lowest BCUT2D eigenvalue weighted by molar-refractivity contribution is 0.537. The van der Waals surface area contributed by atoms with Gasteiger partial charge in [-0.25, -0.2) is 4.98 Å². The molecule has 0 aliphatic carbocycles. The highest BCUT2D eigenvalue weighted by Gasteiger charge is 2.10. The summed E-state index contributed by atoms with van der Waals surface area (Å²) in [5.74, 6) is 0.